The Morgan fingerprint density at radius 2 is 1.90 bits per heavy atom. The van der Waals surface area contributed by atoms with Gasteiger partial charge in [-0.3, -0.25) is 0 Å². The van der Waals surface area contributed by atoms with Gasteiger partial charge in [-0.05, 0) is 13.0 Å². The molecule has 0 aliphatic carbocycles. The summed E-state index contributed by atoms with van der Waals surface area (Å²) in [6.07, 6.45) is 0.905. The molecule has 2 rings (SSSR count). The van der Waals surface area contributed by atoms with Crippen molar-refractivity contribution >= 4 is 23.1 Å². The lowest BCUT2D eigenvalue weighted by atomic mass is 10.1. The average molecular weight is 307 g/mol. The van der Waals surface area contributed by atoms with E-state index in [4.69, 9.17) is 10.7 Å². The van der Waals surface area contributed by atoms with Crippen molar-refractivity contribution < 1.29 is 0 Å². The van der Waals surface area contributed by atoms with Crippen molar-refractivity contribution in [2.45, 2.75) is 37.7 Å². The van der Waals surface area contributed by atoms with Crippen molar-refractivity contribution in [2.75, 3.05) is 6.54 Å². The fraction of sp³-hybridized carbons (Fsp3) is 0.438. The fourth-order valence-electron chi connectivity index (χ4n) is 1.86. The van der Waals surface area contributed by atoms with E-state index in [-0.39, 0.29) is 4.75 Å². The molecule has 1 aromatic heterocycles. The lowest BCUT2D eigenvalue weighted by molar-refractivity contribution is 0.802. The molecule has 1 heterocycles. The second kappa shape index (κ2) is 6.74. The zero-order valence-corrected chi connectivity index (χ0v) is 14.0. The van der Waals surface area contributed by atoms with E-state index in [9.17, 15) is 0 Å². The maximum Gasteiger partial charge on any atom is 0.103 e. The first kappa shape index (κ1) is 15.5. The maximum atomic E-state index is 5.73. The quantitative estimate of drug-likeness (QED) is 0.893. The summed E-state index contributed by atoms with van der Waals surface area (Å²) in [6.45, 7) is 7.40. The van der Waals surface area contributed by atoms with Gasteiger partial charge < -0.3 is 5.73 Å². The van der Waals surface area contributed by atoms with E-state index in [2.05, 4.69) is 45.0 Å². The highest BCUT2D eigenvalue weighted by atomic mass is 32.2. The number of nitrogens with zero attached hydrogens (tertiary/aromatic N) is 1. The first-order valence-electron chi connectivity index (χ1n) is 6.87. The smallest absolute Gasteiger partial charge is 0.103 e. The largest absolute Gasteiger partial charge is 0.330 e. The molecule has 0 atom stereocenters. The standard InChI is InChI=1S/C16H22N2S2/c1-16(2,3)19-11-14-18-15(13(20-14)9-10-17)12-7-5-4-6-8-12/h4-8H,9-11,17H2,1-3H3. The van der Waals surface area contributed by atoms with E-state index >= 15 is 0 Å². The van der Waals surface area contributed by atoms with Gasteiger partial charge in [-0.25, -0.2) is 4.98 Å². The topological polar surface area (TPSA) is 38.9 Å². The predicted molar refractivity (Wildman–Crippen MR) is 91.4 cm³/mol. The lowest BCUT2D eigenvalue weighted by Crippen LogP contribution is -2.07. The van der Waals surface area contributed by atoms with Crippen LogP contribution in [-0.2, 0) is 12.2 Å². The summed E-state index contributed by atoms with van der Waals surface area (Å²) in [5.41, 5.74) is 8.04. The third kappa shape index (κ3) is 4.33. The first-order valence-corrected chi connectivity index (χ1v) is 8.68. The highest BCUT2D eigenvalue weighted by molar-refractivity contribution is 7.99. The maximum absolute atomic E-state index is 5.73. The number of hydrogen-bond acceptors (Lipinski definition) is 4. The second-order valence-corrected chi connectivity index (χ2v) is 8.66. The van der Waals surface area contributed by atoms with Crippen LogP contribution in [0.2, 0.25) is 0 Å². The minimum Gasteiger partial charge on any atom is -0.330 e. The third-order valence-electron chi connectivity index (χ3n) is 2.79. The van der Waals surface area contributed by atoms with Gasteiger partial charge in [0.1, 0.15) is 5.01 Å². The van der Waals surface area contributed by atoms with Crippen LogP contribution in [0, 0.1) is 0 Å². The van der Waals surface area contributed by atoms with Crippen molar-refractivity contribution in [1.29, 1.82) is 0 Å². The van der Waals surface area contributed by atoms with Crippen LogP contribution in [-0.4, -0.2) is 16.3 Å². The Morgan fingerprint density at radius 3 is 2.50 bits per heavy atom. The molecule has 0 aliphatic rings. The molecule has 0 aliphatic heterocycles. The third-order valence-corrected chi connectivity index (χ3v) is 5.37. The van der Waals surface area contributed by atoms with E-state index in [0.29, 0.717) is 6.54 Å². The molecule has 1 aromatic carbocycles. The number of rotatable bonds is 5. The van der Waals surface area contributed by atoms with Crippen LogP contribution in [0.5, 0.6) is 0 Å². The van der Waals surface area contributed by atoms with Gasteiger partial charge >= 0.3 is 0 Å². The fourth-order valence-corrected chi connectivity index (χ4v) is 3.80. The summed E-state index contributed by atoms with van der Waals surface area (Å²) in [5.74, 6) is 0.971. The van der Waals surface area contributed by atoms with Crippen LogP contribution >= 0.6 is 23.1 Å². The molecule has 4 heteroatoms. The van der Waals surface area contributed by atoms with Crippen molar-refractivity contribution in [3.63, 3.8) is 0 Å². The van der Waals surface area contributed by atoms with Gasteiger partial charge in [0.25, 0.3) is 0 Å². The van der Waals surface area contributed by atoms with E-state index in [1.54, 1.807) is 0 Å². The minimum absolute atomic E-state index is 0.270. The molecule has 108 valence electrons. The highest BCUT2D eigenvalue weighted by Gasteiger charge is 2.16. The molecule has 0 saturated carbocycles. The van der Waals surface area contributed by atoms with Gasteiger partial charge in [0.15, 0.2) is 0 Å². The Labute approximate surface area is 129 Å². The molecule has 0 unspecified atom stereocenters. The zero-order chi connectivity index (χ0) is 14.6. The van der Waals surface area contributed by atoms with Gasteiger partial charge in [0.05, 0.1) is 5.69 Å². The normalized spacial score (nSPS) is 11.8. The van der Waals surface area contributed by atoms with Crippen molar-refractivity contribution in [1.82, 2.24) is 4.98 Å². The molecule has 2 N–H and O–H groups in total. The van der Waals surface area contributed by atoms with Crippen LogP contribution in [0.25, 0.3) is 11.3 Å². The molecule has 0 spiro atoms. The molecular formula is C16H22N2S2. The van der Waals surface area contributed by atoms with Crippen LogP contribution in [0.3, 0.4) is 0 Å². The number of nitrogens with two attached hydrogens (primary N) is 1. The number of thioether (sulfide) groups is 1. The molecule has 2 aromatic rings. The monoisotopic (exact) mass is 306 g/mol. The van der Waals surface area contributed by atoms with Gasteiger partial charge in [0, 0.05) is 20.9 Å². The first-order chi connectivity index (χ1) is 9.49. The summed E-state index contributed by atoms with van der Waals surface area (Å²) in [6, 6.07) is 10.4. The van der Waals surface area contributed by atoms with Crippen LogP contribution in [0.4, 0.5) is 0 Å². The summed E-state index contributed by atoms with van der Waals surface area (Å²) < 4.78 is 0.270. The zero-order valence-electron chi connectivity index (χ0n) is 12.3. The van der Waals surface area contributed by atoms with Crippen molar-refractivity contribution in [2.24, 2.45) is 5.73 Å². The number of aromatic nitrogens is 1. The predicted octanol–water partition coefficient (Wildman–Crippen LogP) is 4.34. The average Bonchev–Trinajstić information content (AvgIpc) is 2.80. The summed E-state index contributed by atoms with van der Waals surface area (Å²) in [7, 11) is 0. The van der Waals surface area contributed by atoms with Crippen LogP contribution in [0.15, 0.2) is 30.3 Å². The Hall–Kier alpha value is -0.840. The lowest BCUT2D eigenvalue weighted by Gasteiger charge is -2.16. The molecule has 0 radical (unpaired) electrons. The number of hydrogen-bond donors (Lipinski definition) is 1. The molecule has 2 nitrogen and oxygen atoms in total. The molecule has 20 heavy (non-hydrogen) atoms. The molecule has 0 bridgehead atoms. The SMILES string of the molecule is CC(C)(C)SCc1nc(-c2ccccc2)c(CCN)s1. The number of benzene rings is 1. The second-order valence-electron chi connectivity index (χ2n) is 5.69. The summed E-state index contributed by atoms with van der Waals surface area (Å²) in [4.78, 5) is 6.15. The van der Waals surface area contributed by atoms with Crippen LogP contribution < -0.4 is 5.73 Å². The van der Waals surface area contributed by atoms with Crippen LogP contribution in [0.1, 0.15) is 30.7 Å². The molecule has 0 fully saturated rings. The van der Waals surface area contributed by atoms with E-state index in [1.807, 2.05) is 29.2 Å². The van der Waals surface area contributed by atoms with Gasteiger partial charge in [-0.15, -0.1) is 23.1 Å². The van der Waals surface area contributed by atoms with Gasteiger partial charge in [-0.1, -0.05) is 51.1 Å². The minimum atomic E-state index is 0.270. The van der Waals surface area contributed by atoms with Crippen molar-refractivity contribution in [3.8, 4) is 11.3 Å². The van der Waals surface area contributed by atoms with Gasteiger partial charge in [-0.2, -0.15) is 0 Å². The Morgan fingerprint density at radius 1 is 1.20 bits per heavy atom. The Bertz CT molecular complexity index is 541. The Balaban J connectivity index is 2.24. The Kier molecular flexibility index (Phi) is 5.24. The highest BCUT2D eigenvalue weighted by Crippen LogP contribution is 2.33. The molecular weight excluding hydrogens is 284 g/mol. The van der Waals surface area contributed by atoms with E-state index in [1.165, 1.54) is 15.4 Å². The van der Waals surface area contributed by atoms with Crippen molar-refractivity contribution in [3.05, 3.63) is 40.2 Å². The van der Waals surface area contributed by atoms with Gasteiger partial charge in [0.2, 0.25) is 0 Å². The summed E-state index contributed by atoms with van der Waals surface area (Å²) in [5, 5.41) is 1.20. The molecule has 0 saturated heterocycles. The van der Waals surface area contributed by atoms with E-state index < -0.39 is 0 Å². The number of thiazole rings is 1. The molecule has 0 amide bonds. The van der Waals surface area contributed by atoms with E-state index in [0.717, 1.165) is 17.9 Å². The summed E-state index contributed by atoms with van der Waals surface area (Å²) >= 11 is 3.75.